The van der Waals surface area contributed by atoms with Gasteiger partial charge in [0.05, 0.1) is 6.54 Å². The Morgan fingerprint density at radius 1 is 1.19 bits per heavy atom. The summed E-state index contributed by atoms with van der Waals surface area (Å²) in [5.41, 5.74) is 6.58. The van der Waals surface area contributed by atoms with Crippen LogP contribution in [0.25, 0.3) is 0 Å². The van der Waals surface area contributed by atoms with Crippen LogP contribution in [-0.4, -0.2) is 24.4 Å². The third kappa shape index (κ3) is 5.02. The van der Waals surface area contributed by atoms with Crippen molar-refractivity contribution in [1.29, 1.82) is 0 Å². The monoisotopic (exact) mass is 309 g/mol. The predicted octanol–water partition coefficient (Wildman–Crippen LogP) is 1.91. The highest BCUT2D eigenvalue weighted by atomic mass is 35.5. The second kappa shape index (κ2) is 7.43. The molecule has 0 aromatic heterocycles. The minimum absolute atomic E-state index is 0.0383. The number of hydrogen-bond donors (Lipinski definition) is 3. The molecule has 114 valence electrons. The number of halogens is 1. The van der Waals surface area contributed by atoms with Gasteiger partial charge in [-0.2, -0.15) is 0 Å². The maximum atomic E-state index is 11.8. The molecule has 4 N–H and O–H groups in total. The molecule has 1 fully saturated rings. The van der Waals surface area contributed by atoms with Gasteiger partial charge in [0.15, 0.2) is 0 Å². The molecule has 0 unspecified atom stereocenters. The Hall–Kier alpha value is -1.59. The van der Waals surface area contributed by atoms with Gasteiger partial charge < -0.3 is 16.4 Å². The van der Waals surface area contributed by atoms with Crippen LogP contribution in [-0.2, 0) is 9.59 Å². The lowest BCUT2D eigenvalue weighted by molar-refractivity contribution is -0.124. The van der Waals surface area contributed by atoms with E-state index in [1.807, 2.05) is 0 Å². The summed E-state index contributed by atoms with van der Waals surface area (Å²) >= 11 is 5.76. The third-order valence-corrected chi connectivity index (χ3v) is 3.99. The first-order valence-electron chi connectivity index (χ1n) is 7.12. The van der Waals surface area contributed by atoms with Crippen molar-refractivity contribution in [3.63, 3.8) is 0 Å². The molecule has 2 rings (SSSR count). The van der Waals surface area contributed by atoms with Crippen molar-refractivity contribution in [3.05, 3.63) is 29.3 Å². The van der Waals surface area contributed by atoms with Crippen LogP contribution < -0.4 is 16.4 Å². The van der Waals surface area contributed by atoms with Crippen molar-refractivity contribution >= 4 is 29.1 Å². The highest BCUT2D eigenvalue weighted by Gasteiger charge is 2.25. The van der Waals surface area contributed by atoms with Crippen LogP contribution in [0.5, 0.6) is 0 Å². The molecule has 0 heterocycles. The van der Waals surface area contributed by atoms with Crippen LogP contribution in [0.15, 0.2) is 24.3 Å². The molecule has 1 aliphatic carbocycles. The molecule has 0 bridgehead atoms. The molecule has 1 aliphatic rings. The molecule has 21 heavy (non-hydrogen) atoms. The smallest absolute Gasteiger partial charge is 0.243 e. The fraction of sp³-hybridized carbons (Fsp3) is 0.467. The second-order valence-corrected chi connectivity index (χ2v) is 5.83. The van der Waals surface area contributed by atoms with Crippen molar-refractivity contribution < 1.29 is 9.59 Å². The number of rotatable bonds is 5. The fourth-order valence-corrected chi connectivity index (χ4v) is 2.67. The van der Waals surface area contributed by atoms with Gasteiger partial charge in [-0.25, -0.2) is 0 Å². The minimum atomic E-state index is -0.263. The summed E-state index contributed by atoms with van der Waals surface area (Å²) in [4.78, 5) is 23.5. The Morgan fingerprint density at radius 2 is 1.90 bits per heavy atom. The van der Waals surface area contributed by atoms with Gasteiger partial charge in [0.25, 0.3) is 0 Å². The van der Waals surface area contributed by atoms with E-state index in [1.165, 1.54) is 0 Å². The molecule has 1 saturated carbocycles. The molecule has 0 aliphatic heterocycles. The van der Waals surface area contributed by atoms with Crippen molar-refractivity contribution in [2.45, 2.75) is 31.7 Å². The lowest BCUT2D eigenvalue weighted by Gasteiger charge is -2.14. The van der Waals surface area contributed by atoms with Gasteiger partial charge in [-0.15, -0.1) is 0 Å². The first kappa shape index (κ1) is 15.8. The molecule has 0 radical (unpaired) electrons. The maximum Gasteiger partial charge on any atom is 0.243 e. The van der Waals surface area contributed by atoms with Crippen molar-refractivity contribution in [1.82, 2.24) is 5.32 Å². The number of nitrogens with two attached hydrogens (primary N) is 1. The zero-order chi connectivity index (χ0) is 15.2. The van der Waals surface area contributed by atoms with E-state index in [9.17, 15) is 9.59 Å². The van der Waals surface area contributed by atoms with Crippen LogP contribution in [0.3, 0.4) is 0 Å². The van der Waals surface area contributed by atoms with Gasteiger partial charge in [-0.3, -0.25) is 9.59 Å². The van der Waals surface area contributed by atoms with Crippen molar-refractivity contribution in [3.8, 4) is 0 Å². The fourth-order valence-electron chi connectivity index (χ4n) is 2.55. The van der Waals surface area contributed by atoms with E-state index in [4.69, 9.17) is 17.3 Å². The number of carbonyl (C=O) groups excluding carboxylic acids is 2. The summed E-state index contributed by atoms with van der Waals surface area (Å²) in [6.07, 6.45) is 3.45. The molecular formula is C15H20ClN3O2. The normalized spacial score (nSPS) is 21.0. The molecule has 1 aromatic rings. The topological polar surface area (TPSA) is 84.2 Å². The Kier molecular flexibility index (Phi) is 5.59. The number of carbonyl (C=O) groups is 2. The van der Waals surface area contributed by atoms with Crippen molar-refractivity contribution in [2.24, 2.45) is 11.7 Å². The standard InChI is InChI=1S/C15H20ClN3O2/c16-11-4-6-12(7-5-11)19-15(21)9-18-14(20)8-10-2-1-3-13(10)17/h4-7,10,13H,1-3,8-9,17H2,(H,18,20)(H,19,21)/t10-,13+/m0/s1. The zero-order valence-corrected chi connectivity index (χ0v) is 12.5. The van der Waals surface area contributed by atoms with Gasteiger partial charge >= 0.3 is 0 Å². The molecular weight excluding hydrogens is 290 g/mol. The average Bonchev–Trinajstić information content (AvgIpc) is 2.85. The third-order valence-electron chi connectivity index (χ3n) is 3.74. The summed E-state index contributed by atoms with van der Waals surface area (Å²) < 4.78 is 0. The first-order chi connectivity index (χ1) is 10.0. The highest BCUT2D eigenvalue weighted by Crippen LogP contribution is 2.26. The van der Waals surface area contributed by atoms with E-state index < -0.39 is 0 Å². The van der Waals surface area contributed by atoms with E-state index in [0.717, 1.165) is 19.3 Å². The molecule has 2 atom stereocenters. The average molecular weight is 310 g/mol. The van der Waals surface area contributed by atoms with Gasteiger partial charge in [-0.05, 0) is 43.0 Å². The second-order valence-electron chi connectivity index (χ2n) is 5.39. The molecule has 0 spiro atoms. The number of benzene rings is 1. The van der Waals surface area contributed by atoms with Gasteiger partial charge in [0.2, 0.25) is 11.8 Å². The Morgan fingerprint density at radius 3 is 2.52 bits per heavy atom. The molecule has 5 nitrogen and oxygen atoms in total. The number of amides is 2. The summed E-state index contributed by atoms with van der Waals surface area (Å²) in [5.74, 6) is -0.144. The molecule has 1 aromatic carbocycles. The quantitative estimate of drug-likeness (QED) is 0.777. The predicted molar refractivity (Wildman–Crippen MR) is 83.0 cm³/mol. The molecule has 6 heteroatoms. The van der Waals surface area contributed by atoms with Gasteiger partial charge in [0, 0.05) is 23.2 Å². The number of nitrogens with one attached hydrogen (secondary N) is 2. The SMILES string of the molecule is N[C@@H]1CCC[C@H]1CC(=O)NCC(=O)Nc1ccc(Cl)cc1. The van der Waals surface area contributed by atoms with Crippen LogP contribution in [0.4, 0.5) is 5.69 Å². The lowest BCUT2D eigenvalue weighted by atomic mass is 10.00. The van der Waals surface area contributed by atoms with Crippen molar-refractivity contribution in [2.75, 3.05) is 11.9 Å². The van der Waals surface area contributed by atoms with E-state index in [1.54, 1.807) is 24.3 Å². The summed E-state index contributed by atoms with van der Waals surface area (Å²) in [5, 5.41) is 5.92. The van der Waals surface area contributed by atoms with E-state index >= 15 is 0 Å². The highest BCUT2D eigenvalue weighted by molar-refractivity contribution is 6.30. The largest absolute Gasteiger partial charge is 0.347 e. The Bertz CT molecular complexity index is 504. The summed E-state index contributed by atoms with van der Waals surface area (Å²) in [6.45, 7) is -0.0383. The lowest BCUT2D eigenvalue weighted by Crippen LogP contribution is -2.36. The van der Waals surface area contributed by atoms with Crippen LogP contribution in [0, 0.1) is 5.92 Å². The van der Waals surface area contributed by atoms with Crippen LogP contribution in [0.1, 0.15) is 25.7 Å². The summed E-state index contributed by atoms with van der Waals surface area (Å²) in [7, 11) is 0. The van der Waals surface area contributed by atoms with E-state index in [2.05, 4.69) is 10.6 Å². The molecule has 2 amide bonds. The maximum absolute atomic E-state index is 11.8. The van der Waals surface area contributed by atoms with Crippen LogP contribution >= 0.6 is 11.6 Å². The number of anilines is 1. The van der Waals surface area contributed by atoms with Gasteiger partial charge in [0.1, 0.15) is 0 Å². The van der Waals surface area contributed by atoms with Gasteiger partial charge in [-0.1, -0.05) is 18.0 Å². The number of hydrogen-bond acceptors (Lipinski definition) is 3. The van der Waals surface area contributed by atoms with E-state index in [0.29, 0.717) is 17.1 Å². The van der Waals surface area contributed by atoms with E-state index in [-0.39, 0.29) is 30.3 Å². The molecule has 0 saturated heterocycles. The Labute approximate surface area is 129 Å². The van der Waals surface area contributed by atoms with Crippen LogP contribution in [0.2, 0.25) is 5.02 Å². The summed E-state index contributed by atoms with van der Waals surface area (Å²) in [6, 6.07) is 6.91. The minimum Gasteiger partial charge on any atom is -0.347 e. The Balaban J connectivity index is 1.70. The zero-order valence-electron chi connectivity index (χ0n) is 11.8. The first-order valence-corrected chi connectivity index (χ1v) is 7.50.